The number of nitrogens with zero attached hydrogens (tertiary/aromatic N) is 1. The summed E-state index contributed by atoms with van der Waals surface area (Å²) in [7, 11) is 1.09. The van der Waals surface area contributed by atoms with Crippen LogP contribution in [0.5, 0.6) is 0 Å². The minimum absolute atomic E-state index is 0.0524. The van der Waals surface area contributed by atoms with Crippen LogP contribution in [-0.4, -0.2) is 70.0 Å². The van der Waals surface area contributed by atoms with Crippen LogP contribution in [0.1, 0.15) is 155 Å². The molecule has 0 aliphatic carbocycles. The molecule has 0 saturated carbocycles. The average Bonchev–Trinajstić information content (AvgIpc) is 3.27. The van der Waals surface area contributed by atoms with Gasteiger partial charge in [0.25, 0.3) is 7.82 Å². The van der Waals surface area contributed by atoms with Gasteiger partial charge in [-0.2, -0.15) is 0 Å². The fourth-order valence-electron chi connectivity index (χ4n) is 5.81. The van der Waals surface area contributed by atoms with Crippen LogP contribution in [0.2, 0.25) is 0 Å². The van der Waals surface area contributed by atoms with Crippen LogP contribution in [0.3, 0.4) is 0 Å². The molecule has 0 amide bonds. The number of unbranched alkanes of at least 4 members (excludes halogenated alkanes) is 7. The van der Waals surface area contributed by atoms with E-state index in [1.165, 1.54) is 6.42 Å². The second kappa shape index (κ2) is 46.3. The first-order chi connectivity index (χ1) is 32.0. The third-order valence-electron chi connectivity index (χ3n) is 9.64. The smallest absolute Gasteiger partial charge is 0.306 e. The van der Waals surface area contributed by atoms with Crippen LogP contribution >= 0.6 is 7.82 Å². The molecule has 0 saturated heterocycles. The molecule has 0 heterocycles. The summed E-state index contributed by atoms with van der Waals surface area (Å²) >= 11 is 0. The Bertz CT molecular complexity index is 1570. The highest BCUT2D eigenvalue weighted by Gasteiger charge is 2.21. The highest BCUT2D eigenvalue weighted by molar-refractivity contribution is 7.45. The molecule has 10 heteroatoms. The summed E-state index contributed by atoms with van der Waals surface area (Å²) < 4.78 is 33.9. The molecule has 0 rings (SSSR count). The molecule has 0 fully saturated rings. The molecule has 9 nitrogen and oxygen atoms in total. The van der Waals surface area contributed by atoms with E-state index in [1.807, 2.05) is 27.2 Å². The van der Waals surface area contributed by atoms with Crippen molar-refractivity contribution in [3.63, 3.8) is 0 Å². The van der Waals surface area contributed by atoms with E-state index >= 15 is 0 Å². The number of ether oxygens (including phenoxy) is 2. The number of hydrogen-bond acceptors (Lipinski definition) is 8. The van der Waals surface area contributed by atoms with Crippen LogP contribution in [0, 0.1) is 0 Å². The molecule has 0 N–H and O–H groups in total. The van der Waals surface area contributed by atoms with Crippen molar-refractivity contribution in [3.05, 3.63) is 134 Å². The van der Waals surface area contributed by atoms with Gasteiger partial charge in [0.1, 0.15) is 19.8 Å². The summed E-state index contributed by atoms with van der Waals surface area (Å²) in [4.78, 5) is 37.6. The van der Waals surface area contributed by atoms with Gasteiger partial charge in [0, 0.05) is 12.8 Å². The second-order valence-corrected chi connectivity index (χ2v) is 18.5. The summed E-state index contributed by atoms with van der Waals surface area (Å²) in [6, 6.07) is 0. The topological polar surface area (TPSA) is 111 Å². The summed E-state index contributed by atoms with van der Waals surface area (Å²) in [5.74, 6) is -0.936. The van der Waals surface area contributed by atoms with E-state index in [-0.39, 0.29) is 26.1 Å². The Hall–Kier alpha value is -3.85. The maximum absolute atomic E-state index is 12.7. The molecule has 0 aliphatic rings. The highest BCUT2D eigenvalue weighted by Crippen LogP contribution is 2.38. The molecular weight excluding hydrogens is 846 g/mol. The first-order valence-electron chi connectivity index (χ1n) is 24.9. The first-order valence-corrected chi connectivity index (χ1v) is 26.4. The Morgan fingerprint density at radius 1 is 0.485 bits per heavy atom. The minimum Gasteiger partial charge on any atom is -0.756 e. The molecule has 0 aromatic carbocycles. The van der Waals surface area contributed by atoms with Gasteiger partial charge in [-0.3, -0.25) is 14.2 Å². The van der Waals surface area contributed by atoms with E-state index in [1.54, 1.807) is 0 Å². The van der Waals surface area contributed by atoms with E-state index in [4.69, 9.17) is 18.5 Å². The van der Waals surface area contributed by atoms with Crippen molar-refractivity contribution >= 4 is 19.8 Å². The molecule has 0 aliphatic heterocycles. The number of likely N-dealkylation sites (N-methyl/N-ethyl adjacent to an activating group) is 1. The molecule has 0 bridgehead atoms. The minimum atomic E-state index is -4.66. The van der Waals surface area contributed by atoms with Crippen molar-refractivity contribution in [2.24, 2.45) is 0 Å². The Morgan fingerprint density at radius 2 is 0.879 bits per heavy atom. The molecule has 0 radical (unpaired) electrons. The molecule has 2 atom stereocenters. The molecule has 0 spiro atoms. The van der Waals surface area contributed by atoms with Gasteiger partial charge < -0.3 is 27.9 Å². The monoisotopic (exact) mass is 936 g/mol. The zero-order valence-electron chi connectivity index (χ0n) is 41.8. The van der Waals surface area contributed by atoms with Gasteiger partial charge in [0.05, 0.1) is 27.7 Å². The second-order valence-electron chi connectivity index (χ2n) is 17.1. The van der Waals surface area contributed by atoms with Gasteiger partial charge >= 0.3 is 11.9 Å². The fourth-order valence-corrected chi connectivity index (χ4v) is 6.54. The van der Waals surface area contributed by atoms with Crippen molar-refractivity contribution in [2.75, 3.05) is 47.5 Å². The SMILES string of the molecule is CC/C=C\C/C=C\C/C=C\C/C=C\C/C=C\C/C=C\C/C=C\C/C=C\C/C=C\CCCC(=O)OC(COC(=O)CCCCCCC/C=C\C/C=C\CCC)COP(=O)([O-])OCC[N+](C)(C)C. The number of rotatable bonds is 43. The van der Waals surface area contributed by atoms with Crippen molar-refractivity contribution in [1.82, 2.24) is 0 Å². The summed E-state index contributed by atoms with van der Waals surface area (Å²) in [6.07, 6.45) is 66.4. The van der Waals surface area contributed by atoms with Gasteiger partial charge in [-0.25, -0.2) is 0 Å². The third-order valence-corrected chi connectivity index (χ3v) is 10.6. The van der Waals surface area contributed by atoms with Crippen molar-refractivity contribution in [2.45, 2.75) is 161 Å². The molecule has 372 valence electrons. The third kappa shape index (κ3) is 49.6. The maximum atomic E-state index is 12.7. The average molecular weight is 936 g/mol. The van der Waals surface area contributed by atoms with Crippen LogP contribution in [-0.2, 0) is 32.7 Å². The normalized spacial score (nSPS) is 14.6. The molecular formula is C56H90NO8P. The van der Waals surface area contributed by atoms with Gasteiger partial charge in [-0.05, 0) is 103 Å². The number of phosphoric acid groups is 1. The van der Waals surface area contributed by atoms with Gasteiger partial charge in [0.2, 0.25) is 0 Å². The molecule has 0 aromatic heterocycles. The number of phosphoric ester groups is 1. The standard InChI is InChI=1S/C56H90NO8P/c1-6-8-10-12-14-16-18-20-21-22-23-24-25-26-27-28-29-30-31-32-33-34-35-37-39-41-43-45-47-49-56(59)65-54(53-64-66(60,61)63-51-50-57(3,4)5)52-62-55(58)48-46-44-42-40-38-36-19-17-15-13-11-9-7-2/h8,10-11,13-14,16-17,19-21,23-24,26-27,29-30,32-33,35,37,41,43,54H,6-7,9,12,15,18,22,25,28,31,34,36,38-40,42,44-53H2,1-5H3/b10-8-,13-11-,16-14-,19-17-,21-20-,24-23-,27-26-,30-29-,33-32-,37-35-,43-41-. The van der Waals surface area contributed by atoms with Gasteiger partial charge in [0.15, 0.2) is 6.10 Å². The Labute approximate surface area is 402 Å². The zero-order chi connectivity index (χ0) is 48.5. The number of carbonyl (C=O) groups is 2. The number of hydrogen-bond donors (Lipinski definition) is 0. The summed E-state index contributed by atoms with van der Waals surface area (Å²) in [5.41, 5.74) is 0. The maximum Gasteiger partial charge on any atom is 0.306 e. The van der Waals surface area contributed by atoms with Crippen LogP contribution in [0.15, 0.2) is 134 Å². The lowest BCUT2D eigenvalue weighted by atomic mass is 10.1. The molecule has 0 aromatic rings. The Balaban J connectivity index is 4.40. The number of carbonyl (C=O) groups excluding carboxylic acids is 2. The van der Waals surface area contributed by atoms with E-state index in [9.17, 15) is 19.0 Å². The van der Waals surface area contributed by atoms with Crippen molar-refractivity contribution in [3.8, 4) is 0 Å². The fraction of sp³-hybridized carbons (Fsp3) is 0.571. The summed E-state index contributed by atoms with van der Waals surface area (Å²) in [6.45, 7) is 3.93. The lowest BCUT2D eigenvalue weighted by Crippen LogP contribution is -2.37. The van der Waals surface area contributed by atoms with Crippen LogP contribution < -0.4 is 4.89 Å². The van der Waals surface area contributed by atoms with Crippen molar-refractivity contribution in [1.29, 1.82) is 0 Å². The van der Waals surface area contributed by atoms with Gasteiger partial charge in [-0.15, -0.1) is 0 Å². The van der Waals surface area contributed by atoms with Crippen LogP contribution in [0.25, 0.3) is 0 Å². The lowest BCUT2D eigenvalue weighted by Gasteiger charge is -2.28. The van der Waals surface area contributed by atoms with Crippen molar-refractivity contribution < 1.29 is 42.1 Å². The highest BCUT2D eigenvalue weighted by atomic mass is 31.2. The molecule has 66 heavy (non-hydrogen) atoms. The number of quaternary nitrogens is 1. The van der Waals surface area contributed by atoms with E-state index in [0.29, 0.717) is 30.3 Å². The molecule has 2 unspecified atom stereocenters. The van der Waals surface area contributed by atoms with E-state index in [0.717, 1.165) is 103 Å². The Morgan fingerprint density at radius 3 is 1.33 bits per heavy atom. The quantitative estimate of drug-likeness (QED) is 0.0195. The lowest BCUT2D eigenvalue weighted by molar-refractivity contribution is -0.870. The van der Waals surface area contributed by atoms with E-state index in [2.05, 4.69) is 141 Å². The summed E-state index contributed by atoms with van der Waals surface area (Å²) in [5, 5.41) is 0. The van der Waals surface area contributed by atoms with Gasteiger partial charge in [-0.1, -0.05) is 173 Å². The predicted octanol–water partition coefficient (Wildman–Crippen LogP) is 14.4. The van der Waals surface area contributed by atoms with Crippen LogP contribution in [0.4, 0.5) is 0 Å². The predicted molar refractivity (Wildman–Crippen MR) is 277 cm³/mol. The first kappa shape index (κ1) is 62.1. The largest absolute Gasteiger partial charge is 0.756 e. The zero-order valence-corrected chi connectivity index (χ0v) is 42.7. The number of allylic oxidation sites excluding steroid dienone is 22. The number of esters is 2. The van der Waals surface area contributed by atoms with E-state index < -0.39 is 32.5 Å². The Kier molecular flexibility index (Phi) is 43.6.